The average molecular weight is 449 g/mol. The van der Waals surface area contributed by atoms with E-state index in [0.717, 1.165) is 11.1 Å². The van der Waals surface area contributed by atoms with Crippen molar-refractivity contribution in [2.24, 2.45) is 4.99 Å². The molecule has 2 atom stereocenters. The molecule has 0 saturated carbocycles. The van der Waals surface area contributed by atoms with Gasteiger partial charge in [-0.1, -0.05) is 42.1 Å². The van der Waals surface area contributed by atoms with E-state index < -0.39 is 9.84 Å². The van der Waals surface area contributed by atoms with Gasteiger partial charge >= 0.3 is 0 Å². The molecular formula is C21H21FN2O4S2. The van der Waals surface area contributed by atoms with Gasteiger partial charge in [-0.25, -0.2) is 12.8 Å². The number of halogens is 1. The summed E-state index contributed by atoms with van der Waals surface area (Å²) in [7, 11) is -1.58. The molecule has 0 radical (unpaired) electrons. The van der Waals surface area contributed by atoms with Gasteiger partial charge in [0.1, 0.15) is 11.6 Å². The van der Waals surface area contributed by atoms with Crippen LogP contribution in [0.2, 0.25) is 0 Å². The van der Waals surface area contributed by atoms with E-state index >= 15 is 0 Å². The van der Waals surface area contributed by atoms with Crippen molar-refractivity contribution in [3.63, 3.8) is 0 Å². The third kappa shape index (κ3) is 4.52. The van der Waals surface area contributed by atoms with Crippen LogP contribution in [0, 0.1) is 5.82 Å². The number of rotatable bonds is 5. The van der Waals surface area contributed by atoms with Crippen molar-refractivity contribution in [3.05, 3.63) is 65.5 Å². The number of ether oxygens (including phenoxy) is 1. The van der Waals surface area contributed by atoms with Gasteiger partial charge in [-0.15, -0.1) is 0 Å². The van der Waals surface area contributed by atoms with E-state index in [-0.39, 0.29) is 40.9 Å². The fourth-order valence-electron chi connectivity index (χ4n) is 3.77. The maximum atomic E-state index is 13.3. The van der Waals surface area contributed by atoms with Crippen LogP contribution in [0.4, 0.5) is 4.39 Å². The lowest BCUT2D eigenvalue weighted by atomic mass is 10.1. The molecule has 0 aromatic heterocycles. The topological polar surface area (TPSA) is 76.0 Å². The molecule has 0 spiro atoms. The molecule has 9 heteroatoms. The van der Waals surface area contributed by atoms with Gasteiger partial charge in [-0.2, -0.15) is 4.99 Å². The molecule has 2 unspecified atom stereocenters. The number of methoxy groups -OCH3 is 1. The van der Waals surface area contributed by atoms with Crippen LogP contribution < -0.4 is 4.74 Å². The molecule has 2 aliphatic heterocycles. The van der Waals surface area contributed by atoms with Crippen LogP contribution in [-0.2, 0) is 27.6 Å². The molecule has 0 N–H and O–H groups in total. The van der Waals surface area contributed by atoms with Gasteiger partial charge in [0, 0.05) is 17.4 Å². The normalized spacial score (nSPS) is 23.5. The second-order valence-electron chi connectivity index (χ2n) is 7.33. The first-order valence-corrected chi connectivity index (χ1v) is 12.2. The summed E-state index contributed by atoms with van der Waals surface area (Å²) >= 11 is 1.33. The molecule has 158 valence electrons. The van der Waals surface area contributed by atoms with Crippen molar-refractivity contribution < 1.29 is 22.3 Å². The van der Waals surface area contributed by atoms with E-state index in [0.29, 0.717) is 17.5 Å². The molecular weight excluding hydrogens is 427 g/mol. The van der Waals surface area contributed by atoms with Gasteiger partial charge < -0.3 is 9.64 Å². The standard InChI is InChI=1S/C21H21FN2O4S2/c1-28-18-5-3-2-4-15(18)10-20(25)23-21-24(11-14-6-8-16(22)9-7-14)17-12-30(26,27)13-19(17)29-21/h2-9,17,19H,10-13H2,1H3. The second-order valence-corrected chi connectivity index (χ2v) is 10.7. The van der Waals surface area contributed by atoms with Crippen molar-refractivity contribution in [1.82, 2.24) is 4.90 Å². The molecule has 2 heterocycles. The highest BCUT2D eigenvalue weighted by Gasteiger charge is 2.48. The van der Waals surface area contributed by atoms with E-state index in [1.165, 1.54) is 23.9 Å². The van der Waals surface area contributed by atoms with Crippen molar-refractivity contribution in [2.45, 2.75) is 24.3 Å². The molecule has 2 aromatic carbocycles. The highest BCUT2D eigenvalue weighted by molar-refractivity contribution is 8.15. The summed E-state index contributed by atoms with van der Waals surface area (Å²) in [6.45, 7) is 0.366. The zero-order chi connectivity index (χ0) is 21.3. The summed E-state index contributed by atoms with van der Waals surface area (Å²) in [4.78, 5) is 18.9. The second kappa shape index (κ2) is 8.39. The predicted molar refractivity (Wildman–Crippen MR) is 115 cm³/mol. The van der Waals surface area contributed by atoms with Gasteiger partial charge in [0.25, 0.3) is 5.91 Å². The molecule has 0 aliphatic carbocycles. The molecule has 2 aromatic rings. The van der Waals surface area contributed by atoms with Crippen LogP contribution in [0.5, 0.6) is 5.75 Å². The Morgan fingerprint density at radius 2 is 1.93 bits per heavy atom. The smallest absolute Gasteiger partial charge is 0.252 e. The number of benzene rings is 2. The highest BCUT2D eigenvalue weighted by atomic mass is 32.2. The first-order chi connectivity index (χ1) is 14.3. The lowest BCUT2D eigenvalue weighted by Gasteiger charge is -2.24. The fourth-order valence-corrected chi connectivity index (χ4v) is 7.73. The van der Waals surface area contributed by atoms with E-state index in [2.05, 4.69) is 4.99 Å². The predicted octanol–water partition coefficient (Wildman–Crippen LogP) is 2.67. The summed E-state index contributed by atoms with van der Waals surface area (Å²) in [5, 5.41) is 0.359. The number of carbonyl (C=O) groups is 1. The lowest BCUT2D eigenvalue weighted by Crippen LogP contribution is -2.37. The summed E-state index contributed by atoms with van der Waals surface area (Å²) in [6.07, 6.45) is 0.0894. The quantitative estimate of drug-likeness (QED) is 0.700. The number of nitrogens with zero attached hydrogens (tertiary/aromatic N) is 2. The van der Waals surface area contributed by atoms with Gasteiger partial charge in [-0.3, -0.25) is 4.79 Å². The minimum atomic E-state index is -3.13. The highest BCUT2D eigenvalue weighted by Crippen LogP contribution is 2.39. The largest absolute Gasteiger partial charge is 0.496 e. The number of sulfone groups is 1. The zero-order valence-electron chi connectivity index (χ0n) is 16.3. The maximum absolute atomic E-state index is 13.3. The van der Waals surface area contributed by atoms with E-state index in [4.69, 9.17) is 4.74 Å². The molecule has 30 heavy (non-hydrogen) atoms. The first kappa shape index (κ1) is 20.9. The van der Waals surface area contributed by atoms with Crippen molar-refractivity contribution in [2.75, 3.05) is 18.6 Å². The Hall–Kier alpha value is -2.39. The van der Waals surface area contributed by atoms with Crippen LogP contribution in [0.15, 0.2) is 53.5 Å². The first-order valence-electron chi connectivity index (χ1n) is 9.46. The Balaban J connectivity index is 1.58. The molecule has 2 fully saturated rings. The van der Waals surface area contributed by atoms with E-state index in [1.54, 1.807) is 25.3 Å². The van der Waals surface area contributed by atoms with Crippen LogP contribution in [0.3, 0.4) is 0 Å². The third-order valence-electron chi connectivity index (χ3n) is 5.20. The molecule has 0 bridgehead atoms. The summed E-state index contributed by atoms with van der Waals surface area (Å²) in [6, 6.07) is 13.1. The van der Waals surface area contributed by atoms with Crippen LogP contribution in [0.1, 0.15) is 11.1 Å². The molecule has 1 amide bonds. The monoisotopic (exact) mass is 448 g/mol. The number of hydrogen-bond acceptors (Lipinski definition) is 5. The van der Waals surface area contributed by atoms with Crippen molar-refractivity contribution in [1.29, 1.82) is 0 Å². The van der Waals surface area contributed by atoms with Gasteiger partial charge in [0.2, 0.25) is 0 Å². The number of thioether (sulfide) groups is 1. The number of fused-ring (bicyclic) bond motifs is 1. The lowest BCUT2D eigenvalue weighted by molar-refractivity contribution is -0.117. The Morgan fingerprint density at radius 1 is 1.20 bits per heavy atom. The SMILES string of the molecule is COc1ccccc1CC(=O)N=C1SC2CS(=O)(=O)CC2N1Cc1ccc(F)cc1. The van der Waals surface area contributed by atoms with Gasteiger partial charge in [0.05, 0.1) is 31.1 Å². The van der Waals surface area contributed by atoms with Crippen LogP contribution in [0.25, 0.3) is 0 Å². The Bertz CT molecular complexity index is 1090. The molecule has 4 rings (SSSR count). The Kier molecular flexibility index (Phi) is 5.84. The zero-order valence-corrected chi connectivity index (χ0v) is 18.0. The fraction of sp³-hybridized carbons (Fsp3) is 0.333. The average Bonchev–Trinajstić information content (AvgIpc) is 3.16. The van der Waals surface area contributed by atoms with Crippen LogP contribution >= 0.6 is 11.8 Å². The maximum Gasteiger partial charge on any atom is 0.252 e. The molecule has 2 saturated heterocycles. The van der Waals surface area contributed by atoms with E-state index in [9.17, 15) is 17.6 Å². The van der Waals surface area contributed by atoms with Crippen molar-refractivity contribution in [3.8, 4) is 5.75 Å². The minimum Gasteiger partial charge on any atom is -0.496 e. The van der Waals surface area contributed by atoms with Crippen LogP contribution in [-0.4, -0.2) is 54.3 Å². The summed E-state index contributed by atoms with van der Waals surface area (Å²) < 4.78 is 42.8. The third-order valence-corrected chi connectivity index (χ3v) is 8.44. The Morgan fingerprint density at radius 3 is 2.67 bits per heavy atom. The number of aliphatic imine (C=N–C) groups is 1. The van der Waals surface area contributed by atoms with Crippen molar-refractivity contribution >= 4 is 32.7 Å². The number of amides is 1. The minimum absolute atomic E-state index is 0.0333. The molecule has 6 nitrogen and oxygen atoms in total. The summed E-state index contributed by atoms with van der Waals surface area (Å²) in [5.41, 5.74) is 1.57. The summed E-state index contributed by atoms with van der Waals surface area (Å²) in [5.74, 6) is 0.0648. The van der Waals surface area contributed by atoms with Gasteiger partial charge in [0.15, 0.2) is 15.0 Å². The Labute approximate surface area is 179 Å². The number of hydrogen-bond donors (Lipinski definition) is 0. The number of carbonyl (C=O) groups excluding carboxylic acids is 1. The van der Waals surface area contributed by atoms with Gasteiger partial charge in [-0.05, 0) is 23.8 Å². The number of amidine groups is 1. The van der Waals surface area contributed by atoms with E-state index in [1.807, 2.05) is 23.1 Å². The number of para-hydroxylation sites is 1. The molecule has 2 aliphatic rings.